The van der Waals surface area contributed by atoms with Crippen molar-refractivity contribution in [2.45, 2.75) is 71.3 Å². The standard InChI is InChI=1S/C16H32N2/c1-13-9-15(2,3)11-16(10-13,12-17)18-8-7-14-5-4-6-14/h13-14,18H,4-12,17H2,1-3H3. The van der Waals surface area contributed by atoms with Crippen molar-refractivity contribution in [2.75, 3.05) is 13.1 Å². The normalized spacial score (nSPS) is 36.3. The molecule has 0 bridgehead atoms. The van der Waals surface area contributed by atoms with E-state index in [-0.39, 0.29) is 5.54 Å². The molecule has 0 radical (unpaired) electrons. The van der Waals surface area contributed by atoms with Crippen molar-refractivity contribution in [1.82, 2.24) is 5.32 Å². The average molecular weight is 252 g/mol. The summed E-state index contributed by atoms with van der Waals surface area (Å²) >= 11 is 0. The number of hydrogen-bond acceptors (Lipinski definition) is 2. The lowest BCUT2D eigenvalue weighted by molar-refractivity contribution is 0.0840. The molecule has 2 heteroatoms. The van der Waals surface area contributed by atoms with Crippen LogP contribution in [-0.2, 0) is 0 Å². The quantitative estimate of drug-likeness (QED) is 0.788. The summed E-state index contributed by atoms with van der Waals surface area (Å²) in [5.41, 5.74) is 6.78. The van der Waals surface area contributed by atoms with Crippen LogP contribution in [-0.4, -0.2) is 18.6 Å². The first-order valence-corrected chi connectivity index (χ1v) is 7.90. The topological polar surface area (TPSA) is 38.0 Å². The van der Waals surface area contributed by atoms with Crippen LogP contribution >= 0.6 is 0 Å². The van der Waals surface area contributed by atoms with E-state index in [1.165, 1.54) is 51.5 Å². The minimum absolute atomic E-state index is 0.213. The van der Waals surface area contributed by atoms with E-state index >= 15 is 0 Å². The molecular weight excluding hydrogens is 220 g/mol. The Morgan fingerprint density at radius 2 is 1.94 bits per heavy atom. The predicted octanol–water partition coefficient (Wildman–Crippen LogP) is 3.31. The molecule has 0 aromatic rings. The van der Waals surface area contributed by atoms with Gasteiger partial charge in [-0.05, 0) is 49.5 Å². The summed E-state index contributed by atoms with van der Waals surface area (Å²) in [5, 5.41) is 3.84. The Kier molecular flexibility index (Phi) is 4.38. The van der Waals surface area contributed by atoms with Crippen LogP contribution in [0.5, 0.6) is 0 Å². The maximum atomic E-state index is 6.12. The van der Waals surface area contributed by atoms with Gasteiger partial charge in [0.05, 0.1) is 0 Å². The van der Waals surface area contributed by atoms with Gasteiger partial charge in [-0.25, -0.2) is 0 Å². The minimum Gasteiger partial charge on any atom is -0.329 e. The van der Waals surface area contributed by atoms with E-state index in [1.54, 1.807) is 0 Å². The summed E-state index contributed by atoms with van der Waals surface area (Å²) in [6.07, 6.45) is 9.58. The Morgan fingerprint density at radius 3 is 2.44 bits per heavy atom. The van der Waals surface area contributed by atoms with Gasteiger partial charge < -0.3 is 11.1 Å². The number of hydrogen-bond donors (Lipinski definition) is 2. The molecule has 0 aliphatic heterocycles. The highest BCUT2D eigenvalue weighted by atomic mass is 15.0. The second kappa shape index (κ2) is 5.50. The summed E-state index contributed by atoms with van der Waals surface area (Å²) in [6.45, 7) is 9.16. The number of nitrogens with one attached hydrogen (secondary N) is 1. The Balaban J connectivity index is 1.87. The fourth-order valence-electron chi connectivity index (χ4n) is 4.43. The van der Waals surface area contributed by atoms with E-state index in [1.807, 2.05) is 0 Å². The highest BCUT2D eigenvalue weighted by Gasteiger charge is 2.41. The Morgan fingerprint density at radius 1 is 1.22 bits per heavy atom. The van der Waals surface area contributed by atoms with Crippen molar-refractivity contribution >= 4 is 0 Å². The van der Waals surface area contributed by atoms with Gasteiger partial charge in [-0.1, -0.05) is 40.0 Å². The van der Waals surface area contributed by atoms with Crippen LogP contribution in [0.2, 0.25) is 0 Å². The van der Waals surface area contributed by atoms with Crippen LogP contribution in [0.15, 0.2) is 0 Å². The summed E-state index contributed by atoms with van der Waals surface area (Å²) in [6, 6.07) is 0. The van der Waals surface area contributed by atoms with Crippen LogP contribution in [0, 0.1) is 17.3 Å². The summed E-state index contributed by atoms with van der Waals surface area (Å²) in [5.74, 6) is 1.80. The zero-order chi connectivity index (χ0) is 13.2. The number of nitrogens with two attached hydrogens (primary N) is 1. The zero-order valence-electron chi connectivity index (χ0n) is 12.6. The summed E-state index contributed by atoms with van der Waals surface area (Å²) in [7, 11) is 0. The van der Waals surface area contributed by atoms with Gasteiger partial charge in [0.25, 0.3) is 0 Å². The van der Waals surface area contributed by atoms with Crippen LogP contribution in [0.1, 0.15) is 65.7 Å². The van der Waals surface area contributed by atoms with Crippen LogP contribution in [0.25, 0.3) is 0 Å². The molecule has 2 aliphatic rings. The highest BCUT2D eigenvalue weighted by molar-refractivity contribution is 4.99. The van der Waals surface area contributed by atoms with Crippen molar-refractivity contribution < 1.29 is 0 Å². The highest BCUT2D eigenvalue weighted by Crippen LogP contribution is 2.43. The van der Waals surface area contributed by atoms with E-state index < -0.39 is 0 Å². The van der Waals surface area contributed by atoms with Crippen molar-refractivity contribution in [3.05, 3.63) is 0 Å². The first-order valence-electron chi connectivity index (χ1n) is 7.90. The van der Waals surface area contributed by atoms with E-state index in [0.29, 0.717) is 5.41 Å². The Labute approximate surface area is 113 Å². The first-order chi connectivity index (χ1) is 8.45. The molecule has 0 aromatic carbocycles. The molecule has 2 rings (SSSR count). The smallest absolute Gasteiger partial charge is 0.0311 e. The lowest BCUT2D eigenvalue weighted by atomic mass is 9.64. The van der Waals surface area contributed by atoms with Gasteiger partial charge in [-0.2, -0.15) is 0 Å². The van der Waals surface area contributed by atoms with E-state index in [0.717, 1.165) is 18.4 Å². The van der Waals surface area contributed by atoms with Crippen molar-refractivity contribution in [2.24, 2.45) is 23.0 Å². The molecule has 2 unspecified atom stereocenters. The second-order valence-corrected chi connectivity index (χ2v) is 7.85. The predicted molar refractivity (Wildman–Crippen MR) is 78.5 cm³/mol. The van der Waals surface area contributed by atoms with Crippen molar-refractivity contribution in [1.29, 1.82) is 0 Å². The molecule has 2 saturated carbocycles. The third-order valence-electron chi connectivity index (χ3n) is 5.13. The fraction of sp³-hybridized carbons (Fsp3) is 1.00. The molecule has 3 N–H and O–H groups in total. The monoisotopic (exact) mass is 252 g/mol. The molecule has 0 amide bonds. The SMILES string of the molecule is CC1CC(C)(C)CC(CN)(NCCC2CCC2)C1. The molecule has 2 aliphatic carbocycles. The molecule has 2 nitrogen and oxygen atoms in total. The Hall–Kier alpha value is -0.0800. The lowest BCUT2D eigenvalue weighted by Crippen LogP contribution is -2.57. The fourth-order valence-corrected chi connectivity index (χ4v) is 4.43. The maximum absolute atomic E-state index is 6.12. The molecular formula is C16H32N2. The minimum atomic E-state index is 0.213. The zero-order valence-corrected chi connectivity index (χ0v) is 12.6. The van der Waals surface area contributed by atoms with Crippen molar-refractivity contribution in [3.8, 4) is 0 Å². The van der Waals surface area contributed by atoms with Crippen molar-refractivity contribution in [3.63, 3.8) is 0 Å². The molecule has 0 aromatic heterocycles. The second-order valence-electron chi connectivity index (χ2n) is 7.85. The first kappa shape index (κ1) is 14.3. The van der Waals surface area contributed by atoms with Crippen LogP contribution < -0.4 is 11.1 Å². The van der Waals surface area contributed by atoms with Gasteiger partial charge in [-0.3, -0.25) is 0 Å². The van der Waals surface area contributed by atoms with Gasteiger partial charge in [0.1, 0.15) is 0 Å². The van der Waals surface area contributed by atoms with Gasteiger partial charge in [0.15, 0.2) is 0 Å². The third kappa shape index (κ3) is 3.48. The van der Waals surface area contributed by atoms with Gasteiger partial charge in [0, 0.05) is 12.1 Å². The lowest BCUT2D eigenvalue weighted by Gasteiger charge is -2.48. The van der Waals surface area contributed by atoms with Crippen LogP contribution in [0.3, 0.4) is 0 Å². The molecule has 0 spiro atoms. The molecule has 0 heterocycles. The van der Waals surface area contributed by atoms with E-state index in [4.69, 9.17) is 5.73 Å². The molecule has 2 atom stereocenters. The summed E-state index contributed by atoms with van der Waals surface area (Å²) in [4.78, 5) is 0. The average Bonchev–Trinajstić information content (AvgIpc) is 2.19. The van der Waals surface area contributed by atoms with E-state index in [9.17, 15) is 0 Å². The van der Waals surface area contributed by atoms with Gasteiger partial charge >= 0.3 is 0 Å². The third-order valence-corrected chi connectivity index (χ3v) is 5.13. The number of rotatable bonds is 5. The molecule has 0 saturated heterocycles. The van der Waals surface area contributed by atoms with Crippen LogP contribution in [0.4, 0.5) is 0 Å². The maximum Gasteiger partial charge on any atom is 0.0311 e. The Bertz CT molecular complexity index is 270. The molecule has 18 heavy (non-hydrogen) atoms. The largest absolute Gasteiger partial charge is 0.329 e. The van der Waals surface area contributed by atoms with Gasteiger partial charge in [-0.15, -0.1) is 0 Å². The van der Waals surface area contributed by atoms with E-state index in [2.05, 4.69) is 26.1 Å². The molecule has 2 fully saturated rings. The summed E-state index contributed by atoms with van der Waals surface area (Å²) < 4.78 is 0. The molecule has 106 valence electrons. The van der Waals surface area contributed by atoms with Gasteiger partial charge in [0.2, 0.25) is 0 Å².